The van der Waals surface area contributed by atoms with Crippen molar-refractivity contribution in [2.45, 2.75) is 13.0 Å². The molecule has 5 heteroatoms. The largest absolute Gasteiger partial charge is 0.486 e. The van der Waals surface area contributed by atoms with Crippen LogP contribution in [0, 0.1) is 0 Å². The molecule has 0 aromatic heterocycles. The van der Waals surface area contributed by atoms with Crippen LogP contribution in [-0.2, 0) is 4.79 Å². The Labute approximate surface area is 113 Å². The predicted octanol–water partition coefficient (Wildman–Crippen LogP) is 1.20. The first-order valence-electron chi connectivity index (χ1n) is 6.41. The molecule has 1 aliphatic heterocycles. The van der Waals surface area contributed by atoms with E-state index in [1.807, 2.05) is 25.1 Å². The van der Waals surface area contributed by atoms with Crippen molar-refractivity contribution in [1.29, 1.82) is 0 Å². The number of amides is 1. The number of fused-ring (bicyclic) bond motifs is 1. The number of benzene rings is 1. The summed E-state index contributed by atoms with van der Waals surface area (Å²) in [5, 5.41) is 3.20. The Morgan fingerprint density at radius 2 is 2.00 bits per heavy atom. The zero-order valence-corrected chi connectivity index (χ0v) is 11.6. The Hall–Kier alpha value is -1.75. The number of nitrogens with one attached hydrogen (secondary N) is 1. The highest BCUT2D eigenvalue weighted by Crippen LogP contribution is 2.32. The summed E-state index contributed by atoms with van der Waals surface area (Å²) in [4.78, 5) is 13.1. The first-order chi connectivity index (χ1) is 9.08. The summed E-state index contributed by atoms with van der Waals surface area (Å²) in [5.74, 6) is 1.62. The average Bonchev–Trinajstić information content (AvgIpc) is 2.43. The highest BCUT2D eigenvalue weighted by atomic mass is 16.6. The van der Waals surface area contributed by atoms with Crippen LogP contribution in [0.2, 0.25) is 0 Å². The van der Waals surface area contributed by atoms with Crippen LogP contribution in [0.5, 0.6) is 11.5 Å². The van der Waals surface area contributed by atoms with Gasteiger partial charge in [0.1, 0.15) is 13.2 Å². The van der Waals surface area contributed by atoms with Gasteiger partial charge in [0, 0.05) is 20.1 Å². The van der Waals surface area contributed by atoms with E-state index in [0.29, 0.717) is 19.8 Å². The third kappa shape index (κ3) is 3.38. The molecule has 0 fully saturated rings. The van der Waals surface area contributed by atoms with E-state index < -0.39 is 0 Å². The second kappa shape index (κ2) is 5.93. The van der Waals surface area contributed by atoms with Crippen molar-refractivity contribution in [3.63, 3.8) is 0 Å². The molecule has 0 saturated heterocycles. The van der Waals surface area contributed by atoms with Crippen LogP contribution >= 0.6 is 0 Å². The quantitative estimate of drug-likeness (QED) is 0.887. The van der Waals surface area contributed by atoms with Crippen LogP contribution in [0.15, 0.2) is 18.2 Å². The maximum absolute atomic E-state index is 11.5. The second-order valence-electron chi connectivity index (χ2n) is 4.79. The fraction of sp³-hybridized carbons (Fsp3) is 0.500. The van der Waals surface area contributed by atoms with Crippen molar-refractivity contribution in [2.75, 3.05) is 33.9 Å². The van der Waals surface area contributed by atoms with Crippen LogP contribution in [0.3, 0.4) is 0 Å². The minimum Gasteiger partial charge on any atom is -0.486 e. The Morgan fingerprint density at radius 1 is 1.32 bits per heavy atom. The molecule has 1 aromatic rings. The summed E-state index contributed by atoms with van der Waals surface area (Å²) in [5.41, 5.74) is 1.08. The van der Waals surface area contributed by atoms with Crippen LogP contribution in [0.25, 0.3) is 0 Å². The van der Waals surface area contributed by atoms with Crippen LogP contribution < -0.4 is 14.8 Å². The van der Waals surface area contributed by atoms with Gasteiger partial charge in [-0.15, -0.1) is 0 Å². The van der Waals surface area contributed by atoms with Crippen molar-refractivity contribution in [1.82, 2.24) is 10.2 Å². The first kappa shape index (κ1) is 13.7. The third-order valence-electron chi connectivity index (χ3n) is 3.12. The highest BCUT2D eigenvalue weighted by Gasteiger charge is 2.15. The van der Waals surface area contributed by atoms with Crippen molar-refractivity contribution >= 4 is 5.91 Å². The molecular weight excluding hydrogens is 244 g/mol. The number of carbonyl (C=O) groups is 1. The van der Waals surface area contributed by atoms with Gasteiger partial charge in [0.15, 0.2) is 11.5 Å². The molecule has 19 heavy (non-hydrogen) atoms. The van der Waals surface area contributed by atoms with Gasteiger partial charge in [0.25, 0.3) is 0 Å². The first-order valence-corrected chi connectivity index (χ1v) is 6.41. The molecule has 0 spiro atoms. The Bertz CT molecular complexity index is 460. The summed E-state index contributed by atoms with van der Waals surface area (Å²) < 4.78 is 11.0. The van der Waals surface area contributed by atoms with E-state index in [9.17, 15) is 4.79 Å². The summed E-state index contributed by atoms with van der Waals surface area (Å²) in [7, 11) is 3.50. The summed E-state index contributed by atoms with van der Waals surface area (Å²) in [6, 6.07) is 5.95. The lowest BCUT2D eigenvalue weighted by Gasteiger charge is -2.21. The lowest BCUT2D eigenvalue weighted by atomic mass is 10.1. The van der Waals surface area contributed by atoms with E-state index in [1.165, 1.54) is 0 Å². The predicted molar refractivity (Wildman–Crippen MR) is 72.5 cm³/mol. The molecule has 1 amide bonds. The van der Waals surface area contributed by atoms with Gasteiger partial charge in [-0.05, 0) is 24.6 Å². The second-order valence-corrected chi connectivity index (χ2v) is 4.79. The van der Waals surface area contributed by atoms with E-state index in [4.69, 9.17) is 9.47 Å². The van der Waals surface area contributed by atoms with Gasteiger partial charge in [-0.25, -0.2) is 0 Å². The van der Waals surface area contributed by atoms with E-state index in [0.717, 1.165) is 17.1 Å². The average molecular weight is 264 g/mol. The molecule has 2 rings (SSSR count). The minimum absolute atomic E-state index is 0.0596. The van der Waals surface area contributed by atoms with Gasteiger partial charge < -0.3 is 19.7 Å². The van der Waals surface area contributed by atoms with E-state index >= 15 is 0 Å². The van der Waals surface area contributed by atoms with Crippen LogP contribution in [0.1, 0.15) is 18.5 Å². The van der Waals surface area contributed by atoms with E-state index in [2.05, 4.69) is 5.32 Å². The summed E-state index contributed by atoms with van der Waals surface area (Å²) in [6.07, 6.45) is 0. The number of nitrogens with zero attached hydrogens (tertiary/aromatic N) is 1. The summed E-state index contributed by atoms with van der Waals surface area (Å²) >= 11 is 0. The lowest BCUT2D eigenvalue weighted by molar-refractivity contribution is -0.127. The number of ether oxygens (including phenoxy) is 2. The zero-order chi connectivity index (χ0) is 13.8. The minimum atomic E-state index is 0.0596. The third-order valence-corrected chi connectivity index (χ3v) is 3.12. The normalized spacial score (nSPS) is 14.9. The molecule has 1 N–H and O–H groups in total. The fourth-order valence-corrected chi connectivity index (χ4v) is 1.85. The smallest absolute Gasteiger partial charge is 0.236 e. The maximum Gasteiger partial charge on any atom is 0.236 e. The Morgan fingerprint density at radius 3 is 2.68 bits per heavy atom. The molecule has 0 radical (unpaired) electrons. The van der Waals surface area contributed by atoms with Crippen molar-refractivity contribution in [3.8, 4) is 11.5 Å². The molecule has 1 atom stereocenters. The van der Waals surface area contributed by atoms with Gasteiger partial charge >= 0.3 is 0 Å². The topological polar surface area (TPSA) is 50.8 Å². The maximum atomic E-state index is 11.5. The molecule has 1 aliphatic rings. The van der Waals surface area contributed by atoms with Crippen molar-refractivity contribution < 1.29 is 14.3 Å². The van der Waals surface area contributed by atoms with Gasteiger partial charge in [0.2, 0.25) is 5.91 Å². The molecule has 1 unspecified atom stereocenters. The van der Waals surface area contributed by atoms with Crippen LogP contribution in [-0.4, -0.2) is 44.7 Å². The molecule has 104 valence electrons. The van der Waals surface area contributed by atoms with Crippen LogP contribution in [0.4, 0.5) is 0 Å². The van der Waals surface area contributed by atoms with Crippen molar-refractivity contribution in [3.05, 3.63) is 23.8 Å². The van der Waals surface area contributed by atoms with Crippen molar-refractivity contribution in [2.24, 2.45) is 0 Å². The highest BCUT2D eigenvalue weighted by molar-refractivity contribution is 5.77. The molecule has 1 heterocycles. The fourth-order valence-electron chi connectivity index (χ4n) is 1.85. The molecule has 0 saturated carbocycles. The summed E-state index contributed by atoms with van der Waals surface area (Å²) in [6.45, 7) is 3.52. The molecule has 0 bridgehead atoms. The Kier molecular flexibility index (Phi) is 4.27. The molecule has 0 aliphatic carbocycles. The molecule has 5 nitrogen and oxygen atoms in total. The monoisotopic (exact) mass is 264 g/mol. The standard InChI is InChI=1S/C14H20N2O3/c1-10(15-9-14(17)16(2)3)11-4-5-12-13(8-11)19-7-6-18-12/h4-5,8,10,15H,6-7,9H2,1-3H3. The van der Waals surface area contributed by atoms with E-state index in [1.54, 1.807) is 19.0 Å². The zero-order valence-electron chi connectivity index (χ0n) is 11.6. The number of rotatable bonds is 4. The molecule has 1 aromatic carbocycles. The van der Waals surface area contributed by atoms with E-state index in [-0.39, 0.29) is 11.9 Å². The SMILES string of the molecule is CC(NCC(=O)N(C)C)c1ccc2c(c1)OCCO2. The van der Waals surface area contributed by atoms with Gasteiger partial charge in [-0.2, -0.15) is 0 Å². The van der Waals surface area contributed by atoms with Gasteiger partial charge in [-0.3, -0.25) is 4.79 Å². The molecular formula is C14H20N2O3. The number of hydrogen-bond acceptors (Lipinski definition) is 4. The number of carbonyl (C=O) groups excluding carboxylic acids is 1. The Balaban J connectivity index is 1.99. The number of likely N-dealkylation sites (N-methyl/N-ethyl adjacent to an activating group) is 1. The lowest BCUT2D eigenvalue weighted by Crippen LogP contribution is -2.34. The number of hydrogen-bond donors (Lipinski definition) is 1. The van der Waals surface area contributed by atoms with Gasteiger partial charge in [0.05, 0.1) is 6.54 Å². The van der Waals surface area contributed by atoms with Gasteiger partial charge in [-0.1, -0.05) is 6.07 Å².